The molecule has 7 heteroatoms. The van der Waals surface area contributed by atoms with Gasteiger partial charge in [0.15, 0.2) is 5.16 Å². The second-order valence-electron chi connectivity index (χ2n) is 3.96. The standard InChI is InChI=1S/C12H16N4O2S/c1-16-11(17)14-15-12(16)19-8-4-7-18-10-6-3-2-5-9(10)13/h2-3,5-6H,4,7-8,13H2,1H3,(H,14,17). The van der Waals surface area contributed by atoms with Crippen molar-refractivity contribution in [3.05, 3.63) is 34.7 Å². The second kappa shape index (κ2) is 6.33. The largest absolute Gasteiger partial charge is 0.491 e. The fraction of sp³-hybridized carbons (Fsp3) is 0.333. The van der Waals surface area contributed by atoms with Gasteiger partial charge in [0.2, 0.25) is 0 Å². The van der Waals surface area contributed by atoms with Crippen molar-refractivity contribution in [2.45, 2.75) is 11.6 Å². The molecule has 102 valence electrons. The van der Waals surface area contributed by atoms with Gasteiger partial charge in [0, 0.05) is 12.8 Å². The molecule has 1 heterocycles. The summed E-state index contributed by atoms with van der Waals surface area (Å²) in [6, 6.07) is 7.42. The van der Waals surface area contributed by atoms with Crippen molar-refractivity contribution in [3.63, 3.8) is 0 Å². The first-order valence-corrected chi connectivity index (χ1v) is 6.88. The lowest BCUT2D eigenvalue weighted by Crippen LogP contribution is -2.13. The average molecular weight is 280 g/mol. The number of para-hydroxylation sites is 2. The molecule has 0 fully saturated rings. The third-order valence-corrected chi connectivity index (χ3v) is 3.65. The highest BCUT2D eigenvalue weighted by Crippen LogP contribution is 2.20. The smallest absolute Gasteiger partial charge is 0.343 e. The number of aromatic amines is 1. The Balaban J connectivity index is 1.72. The van der Waals surface area contributed by atoms with E-state index in [9.17, 15) is 4.79 Å². The van der Waals surface area contributed by atoms with E-state index in [4.69, 9.17) is 10.5 Å². The van der Waals surface area contributed by atoms with Crippen LogP contribution in [-0.2, 0) is 7.05 Å². The highest BCUT2D eigenvalue weighted by Gasteiger charge is 2.04. The summed E-state index contributed by atoms with van der Waals surface area (Å²) in [6.07, 6.45) is 0.847. The maximum Gasteiger partial charge on any atom is 0.343 e. The summed E-state index contributed by atoms with van der Waals surface area (Å²) < 4.78 is 7.06. The predicted octanol–water partition coefficient (Wildman–Crippen LogP) is 1.25. The molecule has 0 spiro atoms. The Hall–Kier alpha value is -1.89. The number of nitrogens with one attached hydrogen (secondary N) is 1. The molecule has 0 saturated heterocycles. The molecule has 3 N–H and O–H groups in total. The number of nitrogens with two attached hydrogens (primary N) is 1. The van der Waals surface area contributed by atoms with E-state index in [1.807, 2.05) is 24.3 Å². The first-order valence-electron chi connectivity index (χ1n) is 5.90. The fourth-order valence-corrected chi connectivity index (χ4v) is 2.31. The summed E-state index contributed by atoms with van der Waals surface area (Å²) in [6.45, 7) is 0.583. The Kier molecular flexibility index (Phi) is 4.51. The summed E-state index contributed by atoms with van der Waals surface area (Å²) in [4.78, 5) is 11.1. The Morgan fingerprint density at radius 1 is 1.47 bits per heavy atom. The van der Waals surface area contributed by atoms with E-state index in [1.54, 1.807) is 7.05 Å². The van der Waals surface area contributed by atoms with E-state index in [-0.39, 0.29) is 5.69 Å². The molecule has 0 aliphatic heterocycles. The van der Waals surface area contributed by atoms with Crippen LogP contribution in [0.1, 0.15) is 6.42 Å². The Morgan fingerprint density at radius 3 is 2.95 bits per heavy atom. The summed E-state index contributed by atoms with van der Waals surface area (Å²) in [7, 11) is 1.69. The highest BCUT2D eigenvalue weighted by molar-refractivity contribution is 7.99. The van der Waals surface area contributed by atoms with Gasteiger partial charge in [0.1, 0.15) is 5.75 Å². The van der Waals surface area contributed by atoms with Crippen LogP contribution in [-0.4, -0.2) is 27.1 Å². The number of nitrogens with zero attached hydrogens (tertiary/aromatic N) is 2. The van der Waals surface area contributed by atoms with Gasteiger partial charge >= 0.3 is 5.69 Å². The van der Waals surface area contributed by atoms with Crippen LogP contribution in [0.4, 0.5) is 5.69 Å². The van der Waals surface area contributed by atoms with Gasteiger partial charge in [-0.15, -0.1) is 5.10 Å². The quantitative estimate of drug-likeness (QED) is 0.472. The lowest BCUT2D eigenvalue weighted by atomic mass is 10.3. The first-order chi connectivity index (χ1) is 9.18. The zero-order chi connectivity index (χ0) is 13.7. The van der Waals surface area contributed by atoms with Crippen molar-refractivity contribution in [2.75, 3.05) is 18.1 Å². The number of rotatable bonds is 6. The van der Waals surface area contributed by atoms with Crippen molar-refractivity contribution >= 4 is 17.4 Å². The topological polar surface area (TPSA) is 85.9 Å². The molecule has 6 nitrogen and oxygen atoms in total. The molecule has 19 heavy (non-hydrogen) atoms. The number of aromatic nitrogens is 3. The maximum atomic E-state index is 11.1. The lowest BCUT2D eigenvalue weighted by molar-refractivity contribution is 0.320. The summed E-state index contributed by atoms with van der Waals surface area (Å²) in [5.74, 6) is 1.53. The van der Waals surface area contributed by atoms with E-state index in [1.165, 1.54) is 16.3 Å². The molecule has 2 rings (SSSR count). The Labute approximate surface area is 115 Å². The summed E-state index contributed by atoms with van der Waals surface area (Å²) in [5, 5.41) is 7.00. The number of anilines is 1. The molecule has 0 amide bonds. The van der Waals surface area contributed by atoms with Gasteiger partial charge in [-0.25, -0.2) is 9.89 Å². The molecule has 0 unspecified atom stereocenters. The fourth-order valence-electron chi connectivity index (χ4n) is 1.48. The van der Waals surface area contributed by atoms with Gasteiger partial charge in [-0.2, -0.15) is 0 Å². The Morgan fingerprint density at radius 2 is 2.26 bits per heavy atom. The SMILES string of the molecule is Cn1c(SCCCOc2ccccc2N)n[nH]c1=O. The van der Waals surface area contributed by atoms with Gasteiger partial charge < -0.3 is 10.5 Å². The van der Waals surface area contributed by atoms with E-state index in [0.717, 1.165) is 12.2 Å². The minimum atomic E-state index is -0.198. The van der Waals surface area contributed by atoms with Crippen LogP contribution in [0.5, 0.6) is 5.75 Å². The van der Waals surface area contributed by atoms with E-state index >= 15 is 0 Å². The van der Waals surface area contributed by atoms with Gasteiger partial charge in [0.05, 0.1) is 12.3 Å². The molecule has 0 atom stereocenters. The van der Waals surface area contributed by atoms with Gasteiger partial charge in [0.25, 0.3) is 0 Å². The van der Waals surface area contributed by atoms with Crippen LogP contribution in [0.25, 0.3) is 0 Å². The van der Waals surface area contributed by atoms with Crippen LogP contribution in [0.3, 0.4) is 0 Å². The predicted molar refractivity (Wildman–Crippen MR) is 75.5 cm³/mol. The molecular formula is C12H16N4O2S. The highest BCUT2D eigenvalue weighted by atomic mass is 32.2. The Bertz CT molecular complexity index is 593. The van der Waals surface area contributed by atoms with Crippen LogP contribution >= 0.6 is 11.8 Å². The number of benzene rings is 1. The van der Waals surface area contributed by atoms with E-state index in [2.05, 4.69) is 10.2 Å². The molecule has 0 aliphatic rings. The molecule has 0 aliphatic carbocycles. The van der Waals surface area contributed by atoms with Crippen LogP contribution < -0.4 is 16.2 Å². The van der Waals surface area contributed by atoms with Gasteiger partial charge in [-0.05, 0) is 18.6 Å². The number of thioether (sulfide) groups is 1. The molecule has 1 aromatic carbocycles. The van der Waals surface area contributed by atoms with Gasteiger partial charge in [-0.3, -0.25) is 4.57 Å². The lowest BCUT2D eigenvalue weighted by Gasteiger charge is -2.07. The number of hydrogen-bond acceptors (Lipinski definition) is 5. The zero-order valence-electron chi connectivity index (χ0n) is 10.6. The minimum absolute atomic E-state index is 0.198. The molecule has 0 bridgehead atoms. The normalized spacial score (nSPS) is 10.6. The van der Waals surface area contributed by atoms with Crippen LogP contribution in [0, 0.1) is 0 Å². The third kappa shape index (κ3) is 3.54. The maximum absolute atomic E-state index is 11.1. The van der Waals surface area contributed by atoms with Crippen molar-refractivity contribution < 1.29 is 4.74 Å². The van der Waals surface area contributed by atoms with Crippen molar-refractivity contribution in [1.29, 1.82) is 0 Å². The van der Waals surface area contributed by atoms with E-state index < -0.39 is 0 Å². The second-order valence-corrected chi connectivity index (χ2v) is 5.02. The van der Waals surface area contributed by atoms with Crippen molar-refractivity contribution in [1.82, 2.24) is 14.8 Å². The molecular weight excluding hydrogens is 264 g/mol. The van der Waals surface area contributed by atoms with E-state index in [0.29, 0.717) is 23.2 Å². The van der Waals surface area contributed by atoms with Crippen LogP contribution in [0.15, 0.2) is 34.2 Å². The summed E-state index contributed by atoms with van der Waals surface area (Å²) in [5.41, 5.74) is 6.21. The van der Waals surface area contributed by atoms with Gasteiger partial charge in [-0.1, -0.05) is 23.9 Å². The number of H-pyrrole nitrogens is 1. The molecule has 0 saturated carbocycles. The number of ether oxygens (including phenoxy) is 1. The number of hydrogen-bond donors (Lipinski definition) is 2. The molecule has 0 radical (unpaired) electrons. The average Bonchev–Trinajstić information content (AvgIpc) is 2.72. The minimum Gasteiger partial charge on any atom is -0.491 e. The first kappa shape index (κ1) is 13.5. The van der Waals surface area contributed by atoms with Crippen LogP contribution in [0.2, 0.25) is 0 Å². The third-order valence-electron chi connectivity index (χ3n) is 2.54. The monoisotopic (exact) mass is 280 g/mol. The number of nitrogen functional groups attached to an aromatic ring is 1. The van der Waals surface area contributed by atoms with Crippen molar-refractivity contribution in [3.8, 4) is 5.75 Å². The zero-order valence-corrected chi connectivity index (χ0v) is 11.4. The summed E-state index contributed by atoms with van der Waals surface area (Å²) >= 11 is 1.52. The molecule has 2 aromatic rings. The molecule has 1 aromatic heterocycles. The van der Waals surface area contributed by atoms with Crippen molar-refractivity contribution in [2.24, 2.45) is 7.05 Å².